The van der Waals surface area contributed by atoms with E-state index in [1.165, 1.54) is 7.05 Å². The van der Waals surface area contributed by atoms with Gasteiger partial charge in [-0.2, -0.15) is 0 Å². The van der Waals surface area contributed by atoms with Gasteiger partial charge in [0.05, 0.1) is 33.0 Å². The molecule has 0 bridgehead atoms. The molecule has 11 heteroatoms. The fourth-order valence-electron chi connectivity index (χ4n) is 3.65. The highest BCUT2D eigenvalue weighted by atomic mass is 35.5. The van der Waals surface area contributed by atoms with Crippen LogP contribution in [-0.4, -0.2) is 41.8 Å². The molecule has 0 atom stereocenters. The Morgan fingerprint density at radius 3 is 2.45 bits per heavy atom. The average molecular weight is 453 g/mol. The van der Waals surface area contributed by atoms with Gasteiger partial charge in [-0.3, -0.25) is 4.79 Å². The Morgan fingerprint density at radius 1 is 1.19 bits per heavy atom. The molecule has 0 unspecified atom stereocenters. The molecular formula is C20H16ClF3N4O3. The molecule has 3 aromatic rings. The normalized spacial score (nSPS) is 14.1. The monoisotopic (exact) mass is 452 g/mol. The molecule has 1 aliphatic heterocycles. The Kier molecular flexibility index (Phi) is 5.06. The molecule has 0 spiro atoms. The minimum Gasteiger partial charge on any atom is -0.477 e. The first kappa shape index (κ1) is 21.0. The Balaban J connectivity index is 2.13. The van der Waals surface area contributed by atoms with Crippen LogP contribution in [0.15, 0.2) is 29.2 Å². The summed E-state index contributed by atoms with van der Waals surface area (Å²) in [5, 5.41) is 11.4. The fourth-order valence-corrected chi connectivity index (χ4v) is 4.05. The molecule has 162 valence electrons. The van der Waals surface area contributed by atoms with Gasteiger partial charge in [0.1, 0.15) is 23.0 Å². The lowest BCUT2D eigenvalue weighted by molar-refractivity contribution is 0.0695. The van der Waals surface area contributed by atoms with Crippen molar-refractivity contribution in [3.05, 3.63) is 62.7 Å². The number of carboxylic acid groups (broad SMARTS) is 1. The Hall–Kier alpha value is -3.24. The molecule has 0 amide bonds. The predicted molar refractivity (Wildman–Crippen MR) is 111 cm³/mol. The number of fused-ring (bicyclic) bond motifs is 1. The second-order valence-electron chi connectivity index (χ2n) is 7.16. The van der Waals surface area contributed by atoms with Gasteiger partial charge in [0.2, 0.25) is 5.43 Å². The molecule has 0 saturated carbocycles. The first-order valence-corrected chi connectivity index (χ1v) is 9.50. The smallest absolute Gasteiger partial charge is 0.341 e. The maximum absolute atomic E-state index is 14.9. The average Bonchev–Trinajstić information content (AvgIpc) is 2.67. The topological polar surface area (TPSA) is 101 Å². The van der Waals surface area contributed by atoms with Crippen LogP contribution >= 0.6 is 11.6 Å². The first-order chi connectivity index (χ1) is 14.6. The van der Waals surface area contributed by atoms with Gasteiger partial charge in [-0.05, 0) is 12.1 Å². The maximum atomic E-state index is 14.9. The van der Waals surface area contributed by atoms with Crippen LogP contribution in [0.3, 0.4) is 0 Å². The van der Waals surface area contributed by atoms with Gasteiger partial charge in [0.15, 0.2) is 0 Å². The second-order valence-corrected chi connectivity index (χ2v) is 7.54. The maximum Gasteiger partial charge on any atom is 0.341 e. The lowest BCUT2D eigenvalue weighted by atomic mass is 10.0. The van der Waals surface area contributed by atoms with Gasteiger partial charge in [0, 0.05) is 38.4 Å². The minimum absolute atomic E-state index is 0.0385. The van der Waals surface area contributed by atoms with E-state index in [4.69, 9.17) is 17.3 Å². The van der Waals surface area contributed by atoms with Crippen LogP contribution in [-0.2, 0) is 0 Å². The number of carboxylic acids is 1. The number of hydrogen-bond acceptors (Lipinski definition) is 5. The SMILES string of the molecule is CNc1cc(-n2cc(C(=O)O)c(=O)c3cc(F)c(N4CC(N)C4)c(Cl)c32)c(F)cc1F. The standard InChI is InChI=1S/C20H16ClF3N4O3/c1-26-14-4-15(12(23)3-11(14)22)28-7-10(20(30)31)19(29)9-2-13(24)18(16(21)17(9)28)27-5-8(25)6-27/h2-4,7-8,26H,5-6,25H2,1H3,(H,30,31). The summed E-state index contributed by atoms with van der Waals surface area (Å²) in [6.07, 6.45) is 0.887. The van der Waals surface area contributed by atoms with Gasteiger partial charge in [0.25, 0.3) is 0 Å². The van der Waals surface area contributed by atoms with Gasteiger partial charge < -0.3 is 25.6 Å². The quantitative estimate of drug-likeness (QED) is 0.563. The van der Waals surface area contributed by atoms with Gasteiger partial charge >= 0.3 is 5.97 Å². The van der Waals surface area contributed by atoms with Crippen LogP contribution in [0.2, 0.25) is 5.02 Å². The summed E-state index contributed by atoms with van der Waals surface area (Å²) in [5.41, 5.74) is 3.55. The highest BCUT2D eigenvalue weighted by Crippen LogP contribution is 2.38. The van der Waals surface area contributed by atoms with Crippen molar-refractivity contribution < 1.29 is 23.1 Å². The van der Waals surface area contributed by atoms with Crippen molar-refractivity contribution in [2.45, 2.75) is 6.04 Å². The molecule has 31 heavy (non-hydrogen) atoms. The summed E-state index contributed by atoms with van der Waals surface area (Å²) in [5.74, 6) is -4.34. The van der Waals surface area contributed by atoms with E-state index >= 15 is 0 Å². The van der Waals surface area contributed by atoms with E-state index in [2.05, 4.69) is 5.32 Å². The van der Waals surface area contributed by atoms with E-state index in [0.717, 1.165) is 22.9 Å². The minimum atomic E-state index is -1.59. The lowest BCUT2D eigenvalue weighted by Gasteiger charge is -2.39. The number of benzene rings is 2. The van der Waals surface area contributed by atoms with E-state index < -0.39 is 34.4 Å². The fraction of sp³-hybridized carbons (Fsp3) is 0.200. The zero-order valence-electron chi connectivity index (χ0n) is 16.0. The predicted octanol–water partition coefficient (Wildman–Crippen LogP) is 2.95. The van der Waals surface area contributed by atoms with E-state index in [1.807, 2.05) is 0 Å². The van der Waals surface area contributed by atoms with E-state index in [1.54, 1.807) is 4.90 Å². The number of nitrogens with zero attached hydrogens (tertiary/aromatic N) is 2. The third-order valence-electron chi connectivity index (χ3n) is 5.18. The van der Waals surface area contributed by atoms with Gasteiger partial charge in [-0.15, -0.1) is 0 Å². The summed E-state index contributed by atoms with van der Waals surface area (Å²) < 4.78 is 44.6. The van der Waals surface area contributed by atoms with Crippen molar-refractivity contribution in [2.75, 3.05) is 30.4 Å². The summed E-state index contributed by atoms with van der Waals surface area (Å²) in [7, 11) is 1.42. The highest BCUT2D eigenvalue weighted by molar-refractivity contribution is 6.38. The van der Waals surface area contributed by atoms with Crippen LogP contribution < -0.4 is 21.4 Å². The van der Waals surface area contributed by atoms with Crippen LogP contribution in [0.1, 0.15) is 10.4 Å². The molecule has 0 radical (unpaired) electrons. The van der Waals surface area contributed by atoms with Crippen LogP contribution in [0, 0.1) is 17.5 Å². The van der Waals surface area contributed by atoms with Crippen LogP contribution in [0.25, 0.3) is 16.6 Å². The van der Waals surface area contributed by atoms with Crippen LogP contribution in [0.5, 0.6) is 0 Å². The molecule has 0 aliphatic carbocycles. The number of aromatic carboxylic acids is 1. The zero-order valence-corrected chi connectivity index (χ0v) is 16.8. The first-order valence-electron chi connectivity index (χ1n) is 9.12. The molecule has 1 fully saturated rings. The number of nitrogens with two attached hydrogens (primary N) is 1. The summed E-state index contributed by atoms with van der Waals surface area (Å²) in [4.78, 5) is 25.9. The number of rotatable bonds is 4. The number of anilines is 2. The molecule has 2 heterocycles. The number of hydrogen-bond donors (Lipinski definition) is 3. The molecule has 1 saturated heterocycles. The molecule has 1 aliphatic rings. The van der Waals surface area contributed by atoms with Gasteiger partial charge in [-0.25, -0.2) is 18.0 Å². The number of halogens is 4. The number of nitrogens with one attached hydrogen (secondary N) is 1. The summed E-state index contributed by atoms with van der Waals surface area (Å²) in [6.45, 7) is 0.628. The molecule has 1 aromatic heterocycles. The summed E-state index contributed by atoms with van der Waals surface area (Å²) >= 11 is 6.48. The molecular weight excluding hydrogens is 437 g/mol. The third kappa shape index (κ3) is 3.28. The molecule has 7 nitrogen and oxygen atoms in total. The number of carbonyl (C=O) groups is 1. The zero-order chi connectivity index (χ0) is 22.6. The Bertz CT molecular complexity index is 1310. The molecule has 2 aromatic carbocycles. The van der Waals surface area contributed by atoms with Crippen molar-refractivity contribution in [1.82, 2.24) is 4.57 Å². The van der Waals surface area contributed by atoms with Crippen molar-refractivity contribution in [3.8, 4) is 5.69 Å². The van der Waals surface area contributed by atoms with Crippen molar-refractivity contribution in [2.24, 2.45) is 5.73 Å². The lowest BCUT2D eigenvalue weighted by Crippen LogP contribution is -2.56. The number of aromatic nitrogens is 1. The largest absolute Gasteiger partial charge is 0.477 e. The Labute approximate surface area is 178 Å². The van der Waals surface area contributed by atoms with Crippen molar-refractivity contribution in [1.29, 1.82) is 0 Å². The van der Waals surface area contributed by atoms with E-state index in [0.29, 0.717) is 19.2 Å². The molecule has 4 rings (SSSR count). The van der Waals surface area contributed by atoms with E-state index in [9.17, 15) is 27.9 Å². The third-order valence-corrected chi connectivity index (χ3v) is 5.54. The molecule has 4 N–H and O–H groups in total. The second kappa shape index (κ2) is 7.47. The van der Waals surface area contributed by atoms with Crippen LogP contribution in [0.4, 0.5) is 24.5 Å². The van der Waals surface area contributed by atoms with Crippen molar-refractivity contribution >= 4 is 39.8 Å². The highest BCUT2D eigenvalue weighted by Gasteiger charge is 2.30. The summed E-state index contributed by atoms with van der Waals surface area (Å²) in [6, 6.07) is 2.39. The Morgan fingerprint density at radius 2 is 1.87 bits per heavy atom. The van der Waals surface area contributed by atoms with Gasteiger partial charge in [-0.1, -0.05) is 11.6 Å². The van der Waals surface area contributed by atoms with E-state index in [-0.39, 0.29) is 39.0 Å². The number of pyridine rings is 1. The van der Waals surface area contributed by atoms with Crippen molar-refractivity contribution in [3.63, 3.8) is 0 Å².